The van der Waals surface area contributed by atoms with Crippen molar-refractivity contribution in [3.63, 3.8) is 0 Å². The Hall–Kier alpha value is -1.89. The molecule has 3 heterocycles. The van der Waals surface area contributed by atoms with Crippen LogP contribution in [0, 0.1) is 6.92 Å². The van der Waals surface area contributed by atoms with E-state index in [0.29, 0.717) is 13.0 Å². The third kappa shape index (κ3) is 2.65. The van der Waals surface area contributed by atoms with Crippen LogP contribution in [0.15, 0.2) is 16.2 Å². The van der Waals surface area contributed by atoms with Gasteiger partial charge in [0.1, 0.15) is 5.82 Å². The van der Waals surface area contributed by atoms with E-state index < -0.39 is 0 Å². The van der Waals surface area contributed by atoms with Crippen LogP contribution >= 0.6 is 11.3 Å². The van der Waals surface area contributed by atoms with Gasteiger partial charge in [0.15, 0.2) is 0 Å². The third-order valence-electron chi connectivity index (χ3n) is 3.91. The number of thiophene rings is 1. The van der Waals surface area contributed by atoms with Crippen molar-refractivity contribution in [1.29, 1.82) is 0 Å². The van der Waals surface area contributed by atoms with Gasteiger partial charge in [0, 0.05) is 26.1 Å². The monoisotopic (exact) mass is 306 g/mol. The summed E-state index contributed by atoms with van der Waals surface area (Å²) in [5, 5.41) is 9.25. The lowest BCUT2D eigenvalue weighted by Crippen LogP contribution is -2.35. The summed E-state index contributed by atoms with van der Waals surface area (Å²) in [6, 6.07) is 2.04. The molecule has 0 bridgehead atoms. The quantitative estimate of drug-likeness (QED) is 0.903. The predicted molar refractivity (Wildman–Crippen MR) is 80.7 cm³/mol. The number of hydrogen-bond acceptors (Lipinski definition) is 4. The molecule has 0 saturated heterocycles. The average molecular weight is 306 g/mol. The number of rotatable bonds is 2. The first kappa shape index (κ1) is 14.1. The molecule has 0 spiro atoms. The van der Waals surface area contributed by atoms with E-state index in [0.717, 1.165) is 29.1 Å². The van der Waals surface area contributed by atoms with E-state index in [9.17, 15) is 9.59 Å². The van der Waals surface area contributed by atoms with Gasteiger partial charge in [-0.15, -0.1) is 11.3 Å². The van der Waals surface area contributed by atoms with E-state index in [4.69, 9.17) is 0 Å². The maximum atomic E-state index is 12.3. The summed E-state index contributed by atoms with van der Waals surface area (Å²) in [5.41, 5.74) is 0.930. The number of aryl methyl sites for hydroxylation is 3. The molecule has 112 valence electrons. The molecule has 1 N–H and O–H groups in total. The Morgan fingerprint density at radius 1 is 1.48 bits per heavy atom. The normalized spacial score (nSPS) is 18.1. The van der Waals surface area contributed by atoms with E-state index in [-0.39, 0.29) is 17.6 Å². The van der Waals surface area contributed by atoms with Gasteiger partial charge in [0.2, 0.25) is 0 Å². The molecule has 0 aromatic carbocycles. The maximum Gasteiger partial charge on any atom is 0.345 e. The lowest BCUT2D eigenvalue weighted by Gasteiger charge is -2.15. The summed E-state index contributed by atoms with van der Waals surface area (Å²) < 4.78 is 3.09. The van der Waals surface area contributed by atoms with E-state index in [2.05, 4.69) is 10.4 Å². The first-order valence-corrected chi connectivity index (χ1v) is 7.92. The van der Waals surface area contributed by atoms with E-state index in [1.165, 1.54) is 16.0 Å². The fraction of sp³-hybridized carbons (Fsp3) is 0.500. The maximum absolute atomic E-state index is 12.3. The zero-order chi connectivity index (χ0) is 15.0. The molecule has 1 aliphatic heterocycles. The molecule has 1 amide bonds. The van der Waals surface area contributed by atoms with E-state index in [1.807, 2.05) is 18.4 Å². The Morgan fingerprint density at radius 2 is 2.29 bits per heavy atom. The van der Waals surface area contributed by atoms with Crippen molar-refractivity contribution in [1.82, 2.24) is 19.7 Å². The SMILES string of the molecule is Cc1ccsc1C(=O)NC1CCc2nn(C)c(=O)n2CC1. The van der Waals surface area contributed by atoms with Crippen LogP contribution < -0.4 is 11.0 Å². The summed E-state index contributed by atoms with van der Waals surface area (Å²) in [6.45, 7) is 2.55. The molecule has 1 atom stereocenters. The Morgan fingerprint density at radius 3 is 3.00 bits per heavy atom. The van der Waals surface area contributed by atoms with Gasteiger partial charge in [-0.05, 0) is 36.8 Å². The molecule has 3 rings (SSSR count). The van der Waals surface area contributed by atoms with E-state index >= 15 is 0 Å². The Kier molecular flexibility index (Phi) is 3.67. The highest BCUT2D eigenvalue weighted by Gasteiger charge is 2.22. The van der Waals surface area contributed by atoms with Gasteiger partial charge in [-0.25, -0.2) is 9.48 Å². The van der Waals surface area contributed by atoms with Crippen molar-refractivity contribution < 1.29 is 4.79 Å². The second kappa shape index (κ2) is 5.48. The van der Waals surface area contributed by atoms with Crippen molar-refractivity contribution in [2.75, 3.05) is 0 Å². The predicted octanol–water partition coefficient (Wildman–Crippen LogP) is 1.09. The number of nitrogens with one attached hydrogen (secondary N) is 1. The molecule has 0 aliphatic carbocycles. The largest absolute Gasteiger partial charge is 0.349 e. The van der Waals surface area contributed by atoms with Gasteiger partial charge >= 0.3 is 5.69 Å². The number of hydrogen-bond donors (Lipinski definition) is 1. The first-order valence-electron chi connectivity index (χ1n) is 7.04. The molecule has 1 unspecified atom stereocenters. The molecule has 0 saturated carbocycles. The molecule has 21 heavy (non-hydrogen) atoms. The molecular weight excluding hydrogens is 288 g/mol. The molecule has 7 heteroatoms. The molecule has 2 aromatic heterocycles. The molecule has 2 aromatic rings. The van der Waals surface area contributed by atoms with Gasteiger partial charge in [-0.1, -0.05) is 0 Å². The topological polar surface area (TPSA) is 68.9 Å². The molecule has 6 nitrogen and oxygen atoms in total. The number of fused-ring (bicyclic) bond motifs is 1. The zero-order valence-corrected chi connectivity index (χ0v) is 12.9. The lowest BCUT2D eigenvalue weighted by molar-refractivity contribution is 0.0936. The number of nitrogens with zero attached hydrogens (tertiary/aromatic N) is 3. The molecule has 0 radical (unpaired) electrons. The van der Waals surface area contributed by atoms with Crippen LogP contribution in [0.4, 0.5) is 0 Å². The number of aromatic nitrogens is 3. The number of amides is 1. The van der Waals surface area contributed by atoms with Crippen molar-refractivity contribution in [2.24, 2.45) is 7.05 Å². The first-order chi connectivity index (χ1) is 10.1. The standard InChI is InChI=1S/C14H18N4O2S/c1-9-6-8-21-12(9)13(19)15-10-3-4-11-16-17(2)14(20)18(11)7-5-10/h6,8,10H,3-5,7H2,1-2H3,(H,15,19). The van der Waals surface area contributed by atoms with Gasteiger partial charge in [0.25, 0.3) is 5.91 Å². The molecule has 0 fully saturated rings. The second-order valence-corrected chi connectivity index (χ2v) is 6.32. The Bertz CT molecular complexity index is 728. The van der Waals surface area contributed by atoms with Gasteiger partial charge < -0.3 is 5.32 Å². The summed E-state index contributed by atoms with van der Waals surface area (Å²) in [7, 11) is 1.67. The minimum Gasteiger partial charge on any atom is -0.349 e. The third-order valence-corrected chi connectivity index (χ3v) is 4.92. The number of carbonyl (C=O) groups excluding carboxylic acids is 1. The van der Waals surface area contributed by atoms with Crippen LogP contribution in [0.5, 0.6) is 0 Å². The number of carbonyl (C=O) groups is 1. The fourth-order valence-electron chi connectivity index (χ4n) is 2.70. The van der Waals surface area contributed by atoms with Crippen molar-refractivity contribution >= 4 is 17.2 Å². The zero-order valence-electron chi connectivity index (χ0n) is 12.1. The van der Waals surface area contributed by atoms with Crippen molar-refractivity contribution in [3.05, 3.63) is 38.2 Å². The van der Waals surface area contributed by atoms with Gasteiger partial charge in [-0.2, -0.15) is 5.10 Å². The van der Waals surface area contributed by atoms with Crippen LogP contribution in [0.25, 0.3) is 0 Å². The van der Waals surface area contributed by atoms with Crippen molar-refractivity contribution in [2.45, 2.75) is 38.8 Å². The second-order valence-electron chi connectivity index (χ2n) is 5.40. The van der Waals surface area contributed by atoms with Crippen LogP contribution in [0.3, 0.4) is 0 Å². The highest BCUT2D eigenvalue weighted by Crippen LogP contribution is 2.17. The fourth-order valence-corrected chi connectivity index (χ4v) is 3.53. The van der Waals surface area contributed by atoms with Gasteiger partial charge in [0.05, 0.1) is 4.88 Å². The van der Waals surface area contributed by atoms with Crippen LogP contribution in [0.2, 0.25) is 0 Å². The highest BCUT2D eigenvalue weighted by atomic mass is 32.1. The summed E-state index contributed by atoms with van der Waals surface area (Å²) in [6.07, 6.45) is 2.28. The molecule has 1 aliphatic rings. The molecular formula is C14H18N4O2S. The van der Waals surface area contributed by atoms with Crippen LogP contribution in [-0.2, 0) is 20.0 Å². The summed E-state index contributed by atoms with van der Waals surface area (Å²) >= 11 is 1.46. The summed E-state index contributed by atoms with van der Waals surface area (Å²) in [4.78, 5) is 24.9. The highest BCUT2D eigenvalue weighted by molar-refractivity contribution is 7.12. The van der Waals surface area contributed by atoms with E-state index in [1.54, 1.807) is 11.6 Å². The minimum atomic E-state index is -0.0777. The Labute approximate surface area is 126 Å². The lowest BCUT2D eigenvalue weighted by atomic mass is 10.1. The van der Waals surface area contributed by atoms with Gasteiger partial charge in [-0.3, -0.25) is 9.36 Å². The smallest absolute Gasteiger partial charge is 0.345 e. The van der Waals surface area contributed by atoms with Crippen LogP contribution in [0.1, 0.15) is 33.9 Å². The summed E-state index contributed by atoms with van der Waals surface area (Å²) in [5.74, 6) is 0.798. The average Bonchev–Trinajstić information content (AvgIpc) is 2.92. The van der Waals surface area contributed by atoms with Crippen LogP contribution in [-0.4, -0.2) is 26.3 Å². The minimum absolute atomic E-state index is 0.0139. The Balaban J connectivity index is 1.69. The van der Waals surface area contributed by atoms with Crippen molar-refractivity contribution in [3.8, 4) is 0 Å².